The molecule has 196 valence electrons. The number of nitrogens with zero attached hydrogens (tertiary/aromatic N) is 6. The smallest absolute Gasteiger partial charge is 0.257 e. The second-order valence-electron chi connectivity index (χ2n) is 10.2. The maximum atomic E-state index is 14.7. The third kappa shape index (κ3) is 4.82. The Kier molecular flexibility index (Phi) is 6.24. The fraction of sp³-hybridized carbons (Fsp3) is 0.370. The lowest BCUT2D eigenvalue weighted by atomic mass is 9.78. The minimum Gasteiger partial charge on any atom is -0.380 e. The van der Waals surface area contributed by atoms with Gasteiger partial charge in [0.25, 0.3) is 5.91 Å². The molecule has 0 unspecified atom stereocenters. The van der Waals surface area contributed by atoms with Gasteiger partial charge in [-0.1, -0.05) is 12.1 Å². The van der Waals surface area contributed by atoms with Gasteiger partial charge in [-0.05, 0) is 37.6 Å². The molecule has 0 bridgehead atoms. The van der Waals surface area contributed by atoms with E-state index >= 15 is 0 Å². The predicted octanol–water partition coefficient (Wildman–Crippen LogP) is 3.64. The van der Waals surface area contributed by atoms with Crippen LogP contribution >= 0.6 is 0 Å². The fourth-order valence-corrected chi connectivity index (χ4v) is 4.98. The van der Waals surface area contributed by atoms with E-state index in [4.69, 9.17) is 4.74 Å². The zero-order valence-electron chi connectivity index (χ0n) is 21.3. The van der Waals surface area contributed by atoms with Crippen LogP contribution in [-0.4, -0.2) is 61.8 Å². The van der Waals surface area contributed by atoms with Crippen molar-refractivity contribution in [3.63, 3.8) is 0 Å². The van der Waals surface area contributed by atoms with Gasteiger partial charge < -0.3 is 15.4 Å². The average molecular weight is 517 g/mol. The van der Waals surface area contributed by atoms with E-state index in [9.17, 15) is 9.18 Å². The molecule has 1 aromatic carbocycles. The lowest BCUT2D eigenvalue weighted by Crippen LogP contribution is -2.65. The van der Waals surface area contributed by atoms with Crippen molar-refractivity contribution in [1.82, 2.24) is 29.6 Å². The first-order valence-electron chi connectivity index (χ1n) is 12.7. The van der Waals surface area contributed by atoms with Crippen LogP contribution in [0, 0.1) is 11.2 Å². The number of halogens is 1. The normalized spacial score (nSPS) is 17.1. The van der Waals surface area contributed by atoms with E-state index in [1.807, 2.05) is 38.2 Å². The van der Waals surface area contributed by atoms with Crippen molar-refractivity contribution in [2.24, 2.45) is 5.41 Å². The number of anilines is 2. The number of likely N-dealkylation sites (tertiary alicyclic amines) is 1. The van der Waals surface area contributed by atoms with Crippen molar-refractivity contribution in [2.75, 3.05) is 36.9 Å². The van der Waals surface area contributed by atoms with Gasteiger partial charge in [0.15, 0.2) is 0 Å². The molecule has 38 heavy (non-hydrogen) atoms. The summed E-state index contributed by atoms with van der Waals surface area (Å²) in [5.41, 5.74) is 3.64. The largest absolute Gasteiger partial charge is 0.380 e. The van der Waals surface area contributed by atoms with Crippen molar-refractivity contribution in [1.29, 1.82) is 0 Å². The van der Waals surface area contributed by atoms with E-state index in [0.29, 0.717) is 29.4 Å². The Hall–Kier alpha value is -3.96. The number of pyridine rings is 1. The summed E-state index contributed by atoms with van der Waals surface area (Å²) >= 11 is 0. The lowest BCUT2D eigenvalue weighted by Gasteiger charge is -2.55. The van der Waals surface area contributed by atoms with Crippen LogP contribution in [0.2, 0.25) is 0 Å². The molecule has 3 aromatic heterocycles. The maximum Gasteiger partial charge on any atom is 0.257 e. The highest BCUT2D eigenvalue weighted by Crippen LogP contribution is 2.38. The molecule has 0 radical (unpaired) electrons. The van der Waals surface area contributed by atoms with Crippen LogP contribution in [0.4, 0.5) is 15.9 Å². The molecule has 2 fully saturated rings. The Bertz CT molecular complexity index is 1490. The van der Waals surface area contributed by atoms with Crippen LogP contribution in [0.5, 0.6) is 0 Å². The molecule has 1 spiro atoms. The van der Waals surface area contributed by atoms with Gasteiger partial charge in [-0.25, -0.2) is 14.4 Å². The number of nitrogens with one attached hydrogen (secondary N) is 2. The summed E-state index contributed by atoms with van der Waals surface area (Å²) in [4.78, 5) is 28.2. The number of carbonyl (C=O) groups is 1. The Labute approximate surface area is 219 Å². The number of benzene rings is 1. The zero-order chi connectivity index (χ0) is 26.3. The Morgan fingerprint density at radius 2 is 2.05 bits per heavy atom. The van der Waals surface area contributed by atoms with Gasteiger partial charge in [-0.2, -0.15) is 5.10 Å². The van der Waals surface area contributed by atoms with Gasteiger partial charge in [0.2, 0.25) is 5.65 Å². The zero-order valence-corrected chi connectivity index (χ0v) is 21.3. The van der Waals surface area contributed by atoms with E-state index in [-0.39, 0.29) is 17.0 Å². The highest BCUT2D eigenvalue weighted by Gasteiger charge is 2.48. The topological polar surface area (TPSA) is 110 Å². The number of aryl methyl sites for hydroxylation is 1. The van der Waals surface area contributed by atoms with Crippen LogP contribution in [-0.2, 0) is 17.8 Å². The van der Waals surface area contributed by atoms with Gasteiger partial charge in [0, 0.05) is 43.5 Å². The van der Waals surface area contributed by atoms with Crippen LogP contribution in [0.15, 0.2) is 48.9 Å². The monoisotopic (exact) mass is 516 g/mol. The number of ether oxygens (including phenoxy) is 1. The number of hydrogen-bond donors (Lipinski definition) is 2. The summed E-state index contributed by atoms with van der Waals surface area (Å²) in [5.74, 6) is -0.285. The molecular formula is C27H29FN8O2. The molecule has 5 heterocycles. The lowest BCUT2D eigenvalue weighted by molar-refractivity contribution is -0.191. The highest BCUT2D eigenvalue weighted by atomic mass is 19.1. The first kappa shape index (κ1) is 24.4. The third-order valence-electron chi connectivity index (χ3n) is 7.10. The van der Waals surface area contributed by atoms with Crippen molar-refractivity contribution in [3.8, 4) is 0 Å². The van der Waals surface area contributed by atoms with Crippen molar-refractivity contribution in [3.05, 3.63) is 71.6 Å². The van der Waals surface area contributed by atoms with E-state index in [0.717, 1.165) is 43.9 Å². The summed E-state index contributed by atoms with van der Waals surface area (Å²) < 4.78 is 21.8. The standard InChI is InChI=1S/C27H29FN8O2/c1-3-36-12-23-25(34-36)33-24(10-30-23)31-17(2)18-5-4-6-20(7-18)32-26(37)19-8-21(28)22(29-9-19)11-35-13-27(14-35)15-38-16-27/h4-10,12,17H,3,11,13-16H2,1-2H3,(H,32,37)(H,31,33,34)/t17-/m0/s1. The third-order valence-corrected chi connectivity index (χ3v) is 7.10. The molecule has 1 atom stereocenters. The van der Waals surface area contributed by atoms with Gasteiger partial charge >= 0.3 is 0 Å². The van der Waals surface area contributed by atoms with Crippen LogP contribution in [0.3, 0.4) is 0 Å². The number of hydrogen-bond acceptors (Lipinski definition) is 8. The van der Waals surface area contributed by atoms with Gasteiger partial charge in [0.05, 0.1) is 42.9 Å². The van der Waals surface area contributed by atoms with Crippen molar-refractivity contribution < 1.29 is 13.9 Å². The van der Waals surface area contributed by atoms with Gasteiger partial charge in [-0.3, -0.25) is 19.4 Å². The first-order valence-corrected chi connectivity index (χ1v) is 12.7. The minimum absolute atomic E-state index is 0.114. The molecule has 11 heteroatoms. The summed E-state index contributed by atoms with van der Waals surface area (Å²) in [7, 11) is 0. The quantitative estimate of drug-likeness (QED) is 0.365. The number of amides is 1. The second-order valence-corrected chi connectivity index (χ2v) is 10.2. The molecule has 2 aliphatic heterocycles. The van der Waals surface area contributed by atoms with E-state index < -0.39 is 11.7 Å². The SMILES string of the molecule is CCn1cc2ncc(N[C@@H](C)c3cccc(NC(=O)c4cnc(CN5CC6(COC6)C5)c(F)c4)c3)nc2n1. The highest BCUT2D eigenvalue weighted by molar-refractivity contribution is 6.04. The number of carbonyl (C=O) groups excluding carboxylic acids is 1. The van der Waals surface area contributed by atoms with Crippen LogP contribution in [0.1, 0.15) is 41.5 Å². The molecular weight excluding hydrogens is 487 g/mol. The number of rotatable bonds is 8. The molecule has 2 saturated heterocycles. The maximum absolute atomic E-state index is 14.7. The van der Waals surface area contributed by atoms with Gasteiger partial charge in [0.1, 0.15) is 17.2 Å². The van der Waals surface area contributed by atoms with Gasteiger partial charge in [-0.15, -0.1) is 0 Å². The summed E-state index contributed by atoms with van der Waals surface area (Å²) in [6, 6.07) is 8.61. The molecule has 2 N–H and O–H groups in total. The first-order chi connectivity index (χ1) is 18.4. The van der Waals surface area contributed by atoms with Crippen LogP contribution in [0.25, 0.3) is 11.2 Å². The Morgan fingerprint density at radius 3 is 2.79 bits per heavy atom. The molecule has 4 aromatic rings. The van der Waals surface area contributed by atoms with Crippen molar-refractivity contribution >= 4 is 28.6 Å². The summed E-state index contributed by atoms with van der Waals surface area (Å²) in [6.45, 7) is 8.53. The molecule has 10 nitrogen and oxygen atoms in total. The molecule has 2 aliphatic rings. The summed E-state index contributed by atoms with van der Waals surface area (Å²) in [6.07, 6.45) is 4.97. The Balaban J connectivity index is 1.08. The van der Waals surface area contributed by atoms with E-state index in [1.54, 1.807) is 16.9 Å². The molecule has 1 amide bonds. The molecule has 6 rings (SSSR count). The average Bonchev–Trinajstić information content (AvgIpc) is 3.28. The van der Waals surface area contributed by atoms with E-state index in [1.165, 1.54) is 12.3 Å². The van der Waals surface area contributed by atoms with E-state index in [2.05, 4.69) is 35.6 Å². The Morgan fingerprint density at radius 1 is 1.21 bits per heavy atom. The number of fused-ring (bicyclic) bond motifs is 1. The van der Waals surface area contributed by atoms with Crippen molar-refractivity contribution in [2.45, 2.75) is 33.0 Å². The minimum atomic E-state index is -0.475. The number of aromatic nitrogens is 5. The molecule has 0 aliphatic carbocycles. The summed E-state index contributed by atoms with van der Waals surface area (Å²) in [5, 5.41) is 10.6. The fourth-order valence-electron chi connectivity index (χ4n) is 4.98. The second kappa shape index (κ2) is 9.73. The molecule has 0 saturated carbocycles. The van der Waals surface area contributed by atoms with Crippen LogP contribution < -0.4 is 10.6 Å². The predicted molar refractivity (Wildman–Crippen MR) is 140 cm³/mol.